The van der Waals surface area contributed by atoms with Crippen molar-refractivity contribution in [2.45, 2.75) is 37.9 Å². The van der Waals surface area contributed by atoms with Crippen molar-refractivity contribution in [3.8, 4) is 5.75 Å². The summed E-state index contributed by atoms with van der Waals surface area (Å²) < 4.78 is 12.1. The van der Waals surface area contributed by atoms with Crippen LogP contribution in [0.2, 0.25) is 0 Å². The quantitative estimate of drug-likeness (QED) is 0.811. The van der Waals surface area contributed by atoms with Gasteiger partial charge in [-0.25, -0.2) is 0 Å². The summed E-state index contributed by atoms with van der Waals surface area (Å²) in [6.45, 7) is 5.74. The normalized spacial score (nSPS) is 32.6. The van der Waals surface area contributed by atoms with Crippen LogP contribution in [0.3, 0.4) is 0 Å². The fraction of sp³-hybridized carbons (Fsp3) is 0.636. The second-order valence-electron chi connectivity index (χ2n) is 8.72. The van der Waals surface area contributed by atoms with Crippen LogP contribution in [0.1, 0.15) is 26.2 Å². The second kappa shape index (κ2) is 7.29. The Morgan fingerprint density at radius 3 is 3.03 bits per heavy atom. The first-order chi connectivity index (χ1) is 14.1. The van der Waals surface area contributed by atoms with Gasteiger partial charge in [-0.3, -0.25) is 14.5 Å². The van der Waals surface area contributed by atoms with Crippen LogP contribution >= 0.6 is 0 Å². The van der Waals surface area contributed by atoms with Crippen molar-refractivity contribution in [2.75, 3.05) is 44.2 Å². The number of rotatable bonds is 5. The van der Waals surface area contributed by atoms with E-state index in [1.165, 1.54) is 0 Å². The van der Waals surface area contributed by atoms with Gasteiger partial charge in [0.05, 0.1) is 30.5 Å². The van der Waals surface area contributed by atoms with Crippen LogP contribution in [-0.2, 0) is 14.3 Å². The molecule has 4 atom stereocenters. The Morgan fingerprint density at radius 1 is 1.31 bits per heavy atom. The van der Waals surface area contributed by atoms with E-state index in [0.29, 0.717) is 44.5 Å². The van der Waals surface area contributed by atoms with Gasteiger partial charge >= 0.3 is 0 Å². The van der Waals surface area contributed by atoms with Crippen LogP contribution in [0.25, 0.3) is 0 Å². The third-order valence-electron chi connectivity index (χ3n) is 7.10. The number of para-hydroxylation sites is 2. The van der Waals surface area contributed by atoms with Crippen LogP contribution in [0.5, 0.6) is 5.75 Å². The van der Waals surface area contributed by atoms with E-state index in [1.807, 2.05) is 36.1 Å². The Morgan fingerprint density at radius 2 is 2.17 bits per heavy atom. The molecule has 156 valence electrons. The summed E-state index contributed by atoms with van der Waals surface area (Å²) >= 11 is 0. The molecule has 3 saturated heterocycles. The lowest BCUT2D eigenvalue weighted by Crippen LogP contribution is -2.44. The van der Waals surface area contributed by atoms with Crippen molar-refractivity contribution >= 4 is 17.5 Å². The minimum absolute atomic E-state index is 0.0952. The molecule has 0 aromatic heterocycles. The highest BCUT2D eigenvalue weighted by Crippen LogP contribution is 2.54. The lowest BCUT2D eigenvalue weighted by Gasteiger charge is -2.31. The number of anilines is 1. The number of carbonyl (C=O) groups is 2. The molecule has 0 radical (unpaired) electrons. The molecule has 0 saturated carbocycles. The molecule has 1 aromatic carbocycles. The highest BCUT2D eigenvalue weighted by molar-refractivity contribution is 5.96. The van der Waals surface area contributed by atoms with E-state index in [0.717, 1.165) is 37.4 Å². The maximum absolute atomic E-state index is 13.1. The zero-order chi connectivity index (χ0) is 20.0. The lowest BCUT2D eigenvalue weighted by atomic mass is 9.73. The minimum Gasteiger partial charge on any atom is -0.490 e. The number of nitrogens with one attached hydrogen (secondary N) is 1. The Bertz CT molecular complexity index is 815. The van der Waals surface area contributed by atoms with Crippen LogP contribution < -0.4 is 15.0 Å². The molecule has 7 nitrogen and oxygen atoms in total. The summed E-state index contributed by atoms with van der Waals surface area (Å²) in [4.78, 5) is 28.9. The van der Waals surface area contributed by atoms with E-state index in [2.05, 4.69) is 10.2 Å². The fourth-order valence-electron chi connectivity index (χ4n) is 5.74. The summed E-state index contributed by atoms with van der Waals surface area (Å²) in [6.07, 6.45) is 2.88. The number of amides is 2. The second-order valence-corrected chi connectivity index (χ2v) is 8.72. The molecule has 2 bridgehead atoms. The van der Waals surface area contributed by atoms with Gasteiger partial charge in [-0.05, 0) is 25.0 Å². The molecule has 5 rings (SSSR count). The van der Waals surface area contributed by atoms with E-state index >= 15 is 0 Å². The first kappa shape index (κ1) is 18.9. The van der Waals surface area contributed by atoms with Crippen LogP contribution in [0.4, 0.5) is 5.69 Å². The first-order valence-corrected chi connectivity index (χ1v) is 10.8. The predicted octanol–water partition coefficient (Wildman–Crippen LogP) is 1.42. The van der Waals surface area contributed by atoms with E-state index in [-0.39, 0.29) is 23.5 Å². The van der Waals surface area contributed by atoms with Gasteiger partial charge < -0.3 is 19.7 Å². The number of fused-ring (bicyclic) bond motifs is 2. The molecule has 4 aliphatic rings. The smallest absolute Gasteiger partial charge is 0.241 e. The number of likely N-dealkylation sites (tertiary alicyclic amines) is 1. The Hall–Kier alpha value is -2.12. The molecule has 1 aromatic rings. The molecule has 4 aliphatic heterocycles. The maximum Gasteiger partial charge on any atom is 0.241 e. The third kappa shape index (κ3) is 3.20. The third-order valence-corrected chi connectivity index (χ3v) is 7.10. The summed E-state index contributed by atoms with van der Waals surface area (Å²) in [5.74, 6) is 1.73. The Balaban J connectivity index is 1.25. The summed E-state index contributed by atoms with van der Waals surface area (Å²) in [5, 5.41) is 3.06. The highest BCUT2D eigenvalue weighted by Gasteiger charge is 2.62. The van der Waals surface area contributed by atoms with Crippen LogP contribution in [-0.4, -0.2) is 67.7 Å². The molecule has 1 spiro atoms. The average Bonchev–Trinajstić information content (AvgIpc) is 3.39. The lowest BCUT2D eigenvalue weighted by molar-refractivity contribution is -0.121. The maximum atomic E-state index is 13.1. The largest absolute Gasteiger partial charge is 0.490 e. The van der Waals surface area contributed by atoms with Gasteiger partial charge in [0.15, 0.2) is 0 Å². The van der Waals surface area contributed by atoms with Crippen molar-refractivity contribution in [3.63, 3.8) is 0 Å². The number of benzene rings is 1. The van der Waals surface area contributed by atoms with Crippen LogP contribution in [0, 0.1) is 11.8 Å². The molecular weight excluding hydrogens is 370 g/mol. The molecule has 29 heavy (non-hydrogen) atoms. The van der Waals surface area contributed by atoms with Gasteiger partial charge in [-0.2, -0.15) is 0 Å². The van der Waals surface area contributed by atoms with Gasteiger partial charge in [-0.1, -0.05) is 19.1 Å². The minimum atomic E-state index is -0.129. The van der Waals surface area contributed by atoms with Crippen molar-refractivity contribution in [2.24, 2.45) is 11.8 Å². The Kier molecular flexibility index (Phi) is 4.75. The number of hydrogen-bond acceptors (Lipinski definition) is 5. The number of hydrogen-bond donors (Lipinski definition) is 1. The van der Waals surface area contributed by atoms with E-state index < -0.39 is 0 Å². The summed E-state index contributed by atoms with van der Waals surface area (Å²) in [6, 6.07) is 7.73. The monoisotopic (exact) mass is 399 g/mol. The Labute approximate surface area is 171 Å². The van der Waals surface area contributed by atoms with Crippen molar-refractivity contribution in [1.82, 2.24) is 10.2 Å². The topological polar surface area (TPSA) is 71.1 Å². The number of ether oxygens (including phenoxy) is 2. The highest BCUT2D eigenvalue weighted by atomic mass is 16.5. The first-order valence-electron chi connectivity index (χ1n) is 10.8. The molecule has 7 heteroatoms. The molecule has 2 amide bonds. The van der Waals surface area contributed by atoms with Gasteiger partial charge in [-0.15, -0.1) is 0 Å². The van der Waals surface area contributed by atoms with Gasteiger partial charge in [0, 0.05) is 37.9 Å². The zero-order valence-electron chi connectivity index (χ0n) is 16.9. The molecule has 1 N–H and O–H groups in total. The fourth-order valence-corrected chi connectivity index (χ4v) is 5.74. The van der Waals surface area contributed by atoms with Crippen molar-refractivity contribution in [3.05, 3.63) is 24.3 Å². The number of carbonyl (C=O) groups excluding carboxylic acids is 2. The molecule has 0 aliphatic carbocycles. The average molecular weight is 399 g/mol. The van der Waals surface area contributed by atoms with E-state index in [4.69, 9.17) is 9.47 Å². The van der Waals surface area contributed by atoms with Gasteiger partial charge in [0.1, 0.15) is 12.4 Å². The van der Waals surface area contributed by atoms with E-state index in [1.54, 1.807) is 0 Å². The zero-order valence-corrected chi connectivity index (χ0v) is 16.9. The molecule has 0 unspecified atom stereocenters. The van der Waals surface area contributed by atoms with Crippen molar-refractivity contribution < 1.29 is 19.1 Å². The van der Waals surface area contributed by atoms with Gasteiger partial charge in [0.25, 0.3) is 0 Å². The molecule has 4 heterocycles. The summed E-state index contributed by atoms with van der Waals surface area (Å²) in [5.41, 5.74) is 0.730. The standard InChI is InChI=1S/C22H29N3O4/c1-2-20(26)23-11-15-16-12-24(14-22(16)8-7-18(15)29-22)13-21(27)25-9-10-28-19-6-4-3-5-17(19)25/h3-6,15-16,18H,2,7-14H2,1H3,(H,23,26)/t15-,16+,18+,22+/m0/s1. The van der Waals surface area contributed by atoms with Gasteiger partial charge in [0.2, 0.25) is 11.8 Å². The summed E-state index contributed by atoms with van der Waals surface area (Å²) in [7, 11) is 0. The molecular formula is C22H29N3O4. The van der Waals surface area contributed by atoms with Crippen molar-refractivity contribution in [1.29, 1.82) is 0 Å². The van der Waals surface area contributed by atoms with Crippen LogP contribution in [0.15, 0.2) is 24.3 Å². The SMILES string of the molecule is CCC(=O)NC[C@H]1[C@H]2CN(CC(=O)N3CCOc4ccccc43)C[C@]23CC[C@H]1O3. The molecule has 3 fully saturated rings. The predicted molar refractivity (Wildman–Crippen MR) is 108 cm³/mol. The van der Waals surface area contributed by atoms with E-state index in [9.17, 15) is 9.59 Å². The number of nitrogens with zero attached hydrogens (tertiary/aromatic N) is 2.